The second-order valence-electron chi connectivity index (χ2n) is 16.5. The third-order valence-electron chi connectivity index (χ3n) is 11.8. The van der Waals surface area contributed by atoms with E-state index in [0.717, 1.165) is 38.8 Å². The summed E-state index contributed by atoms with van der Waals surface area (Å²) >= 11 is 0. The van der Waals surface area contributed by atoms with Gasteiger partial charge >= 0.3 is 0 Å². The molecular weight excluding hydrogens is 761 g/mol. The number of para-hydroxylation sites is 2. The van der Waals surface area contributed by atoms with E-state index in [0.29, 0.717) is 17.5 Å². The second kappa shape index (κ2) is 15.3. The van der Waals surface area contributed by atoms with Crippen molar-refractivity contribution >= 4 is 63.9 Å². The van der Waals surface area contributed by atoms with Crippen molar-refractivity contribution in [1.29, 1.82) is 0 Å². The smallest absolute Gasteiger partial charge is 0.179 e. The van der Waals surface area contributed by atoms with Crippen LogP contribution in [0.25, 0.3) is 61.7 Å². The molecule has 2 heterocycles. The van der Waals surface area contributed by atoms with E-state index in [1.54, 1.807) is 0 Å². The van der Waals surface area contributed by atoms with Crippen LogP contribution in [0.15, 0.2) is 212 Å². The number of aromatic nitrogens is 4. The molecule has 2 aromatic heterocycles. The highest BCUT2D eigenvalue weighted by molar-refractivity contribution is 7.19. The van der Waals surface area contributed by atoms with Crippen molar-refractivity contribution in [2.24, 2.45) is 0 Å². The molecule has 0 aliphatic carbocycles. The van der Waals surface area contributed by atoms with E-state index in [2.05, 4.69) is 237 Å². The highest BCUT2D eigenvalue weighted by atomic mass is 28.3. The quantitative estimate of drug-likeness (QED) is 0.108. The molecule has 0 saturated carbocycles. The summed E-state index contributed by atoms with van der Waals surface area (Å²) in [6.07, 6.45) is 0. The second-order valence-corrected chi connectivity index (χ2v) is 25.4. The van der Waals surface area contributed by atoms with Crippen LogP contribution in [0.2, 0.25) is 19.6 Å². The molecule has 0 bridgehead atoms. The molecule has 0 aliphatic rings. The van der Waals surface area contributed by atoms with E-state index in [-0.39, 0.29) is 0 Å². The van der Waals surface area contributed by atoms with E-state index < -0.39 is 16.1 Å². The molecule has 0 amide bonds. The van der Waals surface area contributed by atoms with Crippen LogP contribution in [-0.2, 0) is 0 Å². The highest BCUT2D eigenvalue weighted by Crippen LogP contribution is 2.35. The van der Waals surface area contributed by atoms with Gasteiger partial charge in [0.05, 0.1) is 19.1 Å². The van der Waals surface area contributed by atoms with Crippen LogP contribution in [-0.4, -0.2) is 35.7 Å². The fraction of sp³-hybridized carbons (Fsp3) is 0.0556. The molecule has 0 atom stereocenters. The highest BCUT2D eigenvalue weighted by Gasteiger charge is 2.41. The summed E-state index contributed by atoms with van der Waals surface area (Å²) in [6.45, 7) is 7.13. The standard InChI is InChI=1S/C54H44N4Si2/c1-59(2,3)43-33-28-39(29-34-43)52-55-53(57-54(56-52)41-32-37-51-49(38-41)48-26-16-17-27-50(48)58(51)42-18-8-4-9-19-42)40-30-35-47(36-31-40)60(44-20-10-5-11-21-44,45-22-12-6-13-23-45)46-24-14-7-15-25-46/h4-38H,1-3H3. The van der Waals surface area contributed by atoms with Crippen molar-refractivity contribution in [2.75, 3.05) is 0 Å². The van der Waals surface area contributed by atoms with Crippen molar-refractivity contribution < 1.29 is 0 Å². The molecule has 8 aromatic carbocycles. The summed E-state index contributed by atoms with van der Waals surface area (Å²) in [6, 6.07) is 76.8. The predicted octanol–water partition coefficient (Wildman–Crippen LogP) is 9.89. The lowest BCUT2D eigenvalue weighted by Gasteiger charge is -2.34. The maximum atomic E-state index is 5.26. The van der Waals surface area contributed by atoms with Gasteiger partial charge in [0.15, 0.2) is 25.5 Å². The van der Waals surface area contributed by atoms with Gasteiger partial charge in [0.25, 0.3) is 0 Å². The molecule has 0 N–H and O–H groups in total. The lowest BCUT2D eigenvalue weighted by Crippen LogP contribution is -2.74. The van der Waals surface area contributed by atoms with Gasteiger partial charge in [-0.15, -0.1) is 0 Å². The van der Waals surface area contributed by atoms with Crippen molar-refractivity contribution in [2.45, 2.75) is 19.6 Å². The van der Waals surface area contributed by atoms with E-state index in [1.807, 2.05) is 0 Å². The summed E-state index contributed by atoms with van der Waals surface area (Å²) in [5.41, 5.74) is 6.30. The van der Waals surface area contributed by atoms with Gasteiger partial charge in [0.1, 0.15) is 0 Å². The molecule has 10 aromatic rings. The van der Waals surface area contributed by atoms with Gasteiger partial charge in [-0.25, -0.2) is 15.0 Å². The Morgan fingerprint density at radius 1 is 0.333 bits per heavy atom. The third kappa shape index (κ3) is 6.60. The molecule has 10 rings (SSSR count). The Hall–Kier alpha value is -7.00. The van der Waals surface area contributed by atoms with Crippen LogP contribution >= 0.6 is 0 Å². The van der Waals surface area contributed by atoms with Crippen molar-refractivity contribution in [3.63, 3.8) is 0 Å². The van der Waals surface area contributed by atoms with Gasteiger partial charge < -0.3 is 4.57 Å². The van der Waals surface area contributed by atoms with Gasteiger partial charge in [-0.05, 0) is 57.1 Å². The number of hydrogen-bond donors (Lipinski definition) is 0. The Kier molecular flexibility index (Phi) is 9.51. The molecule has 288 valence electrons. The molecule has 0 radical (unpaired) electrons. The third-order valence-corrected chi connectivity index (χ3v) is 18.6. The Morgan fingerprint density at radius 2 is 0.717 bits per heavy atom. The molecule has 0 fully saturated rings. The first-order valence-corrected chi connectivity index (χ1v) is 26.1. The summed E-state index contributed by atoms with van der Waals surface area (Å²) in [4.78, 5) is 15.7. The van der Waals surface area contributed by atoms with E-state index in [9.17, 15) is 0 Å². The van der Waals surface area contributed by atoms with Crippen LogP contribution in [0.4, 0.5) is 0 Å². The first kappa shape index (κ1) is 37.3. The molecule has 0 saturated heterocycles. The number of benzene rings is 8. The first-order valence-electron chi connectivity index (χ1n) is 20.6. The maximum absolute atomic E-state index is 5.26. The van der Waals surface area contributed by atoms with E-state index >= 15 is 0 Å². The number of hydrogen-bond acceptors (Lipinski definition) is 3. The minimum Gasteiger partial charge on any atom is -0.309 e. The Balaban J connectivity index is 1.15. The maximum Gasteiger partial charge on any atom is 0.179 e. The normalized spacial score (nSPS) is 11.9. The zero-order chi connectivity index (χ0) is 40.7. The fourth-order valence-electron chi connectivity index (χ4n) is 8.78. The molecule has 6 heteroatoms. The molecular formula is C54H44N4Si2. The van der Waals surface area contributed by atoms with Crippen molar-refractivity contribution in [3.8, 4) is 39.9 Å². The van der Waals surface area contributed by atoms with Crippen molar-refractivity contribution in [3.05, 3.63) is 212 Å². The molecule has 0 unspecified atom stereocenters. The van der Waals surface area contributed by atoms with Crippen molar-refractivity contribution in [1.82, 2.24) is 19.5 Å². The average molecular weight is 805 g/mol. The van der Waals surface area contributed by atoms with Gasteiger partial charge in [-0.1, -0.05) is 201 Å². The minimum atomic E-state index is -2.70. The van der Waals surface area contributed by atoms with Crippen LogP contribution in [0, 0.1) is 0 Å². The number of fused-ring (bicyclic) bond motifs is 3. The van der Waals surface area contributed by atoms with Gasteiger partial charge in [-0.3, -0.25) is 0 Å². The van der Waals surface area contributed by atoms with Gasteiger partial charge in [0.2, 0.25) is 0 Å². The topological polar surface area (TPSA) is 43.6 Å². The number of nitrogens with zero attached hydrogens (tertiary/aromatic N) is 4. The minimum absolute atomic E-state index is 0.647. The van der Waals surface area contributed by atoms with Crippen LogP contribution in [0.3, 0.4) is 0 Å². The molecule has 60 heavy (non-hydrogen) atoms. The average Bonchev–Trinajstić information content (AvgIpc) is 3.64. The summed E-state index contributed by atoms with van der Waals surface area (Å²) in [5.74, 6) is 1.96. The molecule has 0 spiro atoms. The number of rotatable bonds is 9. The zero-order valence-electron chi connectivity index (χ0n) is 34.0. The summed E-state index contributed by atoms with van der Waals surface area (Å²) in [5, 5.41) is 9.06. The fourth-order valence-corrected chi connectivity index (χ4v) is 14.7. The Labute approximate surface area is 353 Å². The summed E-state index contributed by atoms with van der Waals surface area (Å²) in [7, 11) is -4.20. The van der Waals surface area contributed by atoms with E-state index in [4.69, 9.17) is 15.0 Å². The Morgan fingerprint density at radius 3 is 1.22 bits per heavy atom. The lowest BCUT2D eigenvalue weighted by atomic mass is 10.1. The largest absolute Gasteiger partial charge is 0.309 e. The molecule has 0 aliphatic heterocycles. The monoisotopic (exact) mass is 804 g/mol. The zero-order valence-corrected chi connectivity index (χ0v) is 36.0. The predicted molar refractivity (Wildman–Crippen MR) is 257 cm³/mol. The molecule has 4 nitrogen and oxygen atoms in total. The van der Waals surface area contributed by atoms with Gasteiger partial charge in [-0.2, -0.15) is 0 Å². The summed E-state index contributed by atoms with van der Waals surface area (Å²) < 4.78 is 2.34. The lowest BCUT2D eigenvalue weighted by molar-refractivity contribution is 1.07. The van der Waals surface area contributed by atoms with Gasteiger partial charge in [0, 0.05) is 33.2 Å². The van der Waals surface area contributed by atoms with Crippen LogP contribution in [0.5, 0.6) is 0 Å². The SMILES string of the molecule is C[Si](C)(C)c1ccc(-c2nc(-c3ccc([Si](c4ccccc4)(c4ccccc4)c4ccccc4)cc3)nc(-c3ccc4c(c3)c3ccccc3n4-c3ccccc3)n2)cc1. The Bertz CT molecular complexity index is 2990. The van der Waals surface area contributed by atoms with E-state index in [1.165, 1.54) is 31.3 Å². The van der Waals surface area contributed by atoms with Crippen LogP contribution in [0.1, 0.15) is 0 Å². The first-order chi connectivity index (χ1) is 29.4. The van der Waals surface area contributed by atoms with Crippen LogP contribution < -0.4 is 25.9 Å².